The van der Waals surface area contributed by atoms with Gasteiger partial charge in [-0.2, -0.15) is 0 Å². The summed E-state index contributed by atoms with van der Waals surface area (Å²) in [5, 5.41) is 0.745. The van der Waals surface area contributed by atoms with Crippen LogP contribution in [0.25, 0.3) is 11.0 Å². The first-order valence-electron chi connectivity index (χ1n) is 3.50. The molecule has 2 aromatic rings. The van der Waals surface area contributed by atoms with Gasteiger partial charge in [-0.25, -0.2) is 9.97 Å². The van der Waals surface area contributed by atoms with E-state index in [0.29, 0.717) is 11.2 Å². The van der Waals surface area contributed by atoms with E-state index in [9.17, 15) is 4.79 Å². The second-order valence-electron chi connectivity index (χ2n) is 2.34. The van der Waals surface area contributed by atoms with E-state index in [4.69, 9.17) is 0 Å². The van der Waals surface area contributed by atoms with Crippen LogP contribution in [0.1, 0.15) is 5.56 Å². The number of hydrogen-bond donors (Lipinski definition) is 0. The van der Waals surface area contributed by atoms with Gasteiger partial charge >= 0.3 is 0 Å². The Morgan fingerprint density at radius 3 is 2.83 bits per heavy atom. The van der Waals surface area contributed by atoms with Crippen molar-refractivity contribution in [1.29, 1.82) is 0 Å². The molecule has 1 radical (unpaired) electrons. The molecule has 3 heteroatoms. The Hall–Kier alpha value is -1.77. The first-order valence-corrected chi connectivity index (χ1v) is 3.50. The number of nitrogens with zero attached hydrogens (tertiary/aromatic N) is 2. The Morgan fingerprint density at radius 1 is 1.17 bits per heavy atom. The topological polar surface area (TPSA) is 42.9 Å². The maximum absolute atomic E-state index is 10.4. The molecule has 2 heterocycles. The normalized spacial score (nSPS) is 10.0. The minimum Gasteiger partial charge on any atom is -0.285 e. The zero-order valence-corrected chi connectivity index (χ0v) is 6.19. The molecule has 0 aliphatic rings. The molecule has 12 heavy (non-hydrogen) atoms. The molecule has 0 spiro atoms. The van der Waals surface area contributed by atoms with Crippen LogP contribution in [0.3, 0.4) is 0 Å². The molecule has 0 saturated carbocycles. The van der Waals surface area contributed by atoms with Crippen LogP contribution in [0, 0.1) is 0 Å². The summed E-state index contributed by atoms with van der Waals surface area (Å²) in [6, 6.07) is 5.19. The molecule has 3 nitrogen and oxygen atoms in total. The molecular weight excluding hydrogens is 152 g/mol. The quantitative estimate of drug-likeness (QED) is 0.622. The van der Waals surface area contributed by atoms with Crippen molar-refractivity contribution in [2.75, 3.05) is 0 Å². The lowest BCUT2D eigenvalue weighted by atomic mass is 10.2. The van der Waals surface area contributed by atoms with E-state index in [2.05, 4.69) is 9.97 Å². The van der Waals surface area contributed by atoms with Crippen molar-refractivity contribution in [3.05, 3.63) is 36.2 Å². The Morgan fingerprint density at radius 2 is 2.00 bits per heavy atom. The monoisotopic (exact) mass is 157 g/mol. The molecule has 0 atom stereocenters. The van der Waals surface area contributed by atoms with E-state index in [1.54, 1.807) is 30.6 Å². The summed E-state index contributed by atoms with van der Waals surface area (Å²) in [5.41, 5.74) is 1.09. The van der Waals surface area contributed by atoms with Gasteiger partial charge in [0.05, 0.1) is 0 Å². The maximum Gasteiger partial charge on any atom is 0.234 e. The van der Waals surface area contributed by atoms with Crippen LogP contribution in [-0.4, -0.2) is 16.3 Å². The highest BCUT2D eigenvalue weighted by Gasteiger charge is 1.99. The third kappa shape index (κ3) is 0.955. The van der Waals surface area contributed by atoms with E-state index in [0.717, 1.165) is 5.39 Å². The second-order valence-corrected chi connectivity index (χ2v) is 2.34. The van der Waals surface area contributed by atoms with Gasteiger partial charge < -0.3 is 0 Å². The molecule has 0 N–H and O–H groups in total. The third-order valence-electron chi connectivity index (χ3n) is 1.62. The fourth-order valence-corrected chi connectivity index (χ4v) is 1.07. The number of pyridine rings is 2. The minimum atomic E-state index is 0.508. The number of fused-ring (bicyclic) bond motifs is 1. The van der Waals surface area contributed by atoms with E-state index in [1.165, 1.54) is 0 Å². The van der Waals surface area contributed by atoms with Crippen molar-refractivity contribution in [1.82, 2.24) is 9.97 Å². The van der Waals surface area contributed by atoms with Gasteiger partial charge in [0.25, 0.3) is 0 Å². The van der Waals surface area contributed by atoms with E-state index in [-0.39, 0.29) is 0 Å². The Bertz CT molecular complexity index is 420. The molecule has 0 unspecified atom stereocenters. The van der Waals surface area contributed by atoms with Gasteiger partial charge in [0.15, 0.2) is 5.65 Å². The van der Waals surface area contributed by atoms with E-state index >= 15 is 0 Å². The summed E-state index contributed by atoms with van der Waals surface area (Å²) >= 11 is 0. The largest absolute Gasteiger partial charge is 0.285 e. The van der Waals surface area contributed by atoms with Crippen molar-refractivity contribution in [3.8, 4) is 0 Å². The lowest BCUT2D eigenvalue weighted by Crippen LogP contribution is -1.87. The van der Waals surface area contributed by atoms with Crippen LogP contribution >= 0.6 is 0 Å². The summed E-state index contributed by atoms with van der Waals surface area (Å²) < 4.78 is 0. The zero-order valence-electron chi connectivity index (χ0n) is 6.19. The summed E-state index contributed by atoms with van der Waals surface area (Å²) in [7, 11) is 0. The highest BCUT2D eigenvalue weighted by molar-refractivity contribution is 5.94. The highest BCUT2D eigenvalue weighted by Crippen LogP contribution is 2.10. The number of rotatable bonds is 1. The average Bonchev–Trinajstić information content (AvgIpc) is 2.17. The van der Waals surface area contributed by atoms with Crippen LogP contribution in [0.2, 0.25) is 0 Å². The summed E-state index contributed by atoms with van der Waals surface area (Å²) in [5.74, 6) is 0. The zero-order chi connectivity index (χ0) is 8.39. The van der Waals surface area contributed by atoms with Gasteiger partial charge in [-0.05, 0) is 18.2 Å². The Kier molecular flexibility index (Phi) is 1.55. The second kappa shape index (κ2) is 2.70. The van der Waals surface area contributed by atoms with Crippen LogP contribution < -0.4 is 0 Å². The van der Waals surface area contributed by atoms with Crippen molar-refractivity contribution in [3.63, 3.8) is 0 Å². The molecule has 57 valence electrons. The smallest absolute Gasteiger partial charge is 0.234 e. The van der Waals surface area contributed by atoms with Gasteiger partial charge in [-0.15, -0.1) is 0 Å². The summed E-state index contributed by atoms with van der Waals surface area (Å²) in [6.45, 7) is 0. The first kappa shape index (κ1) is 6.91. The fraction of sp³-hybridized carbons (Fsp3) is 0. The lowest BCUT2D eigenvalue weighted by molar-refractivity contribution is 0.563. The summed E-state index contributed by atoms with van der Waals surface area (Å²) in [6.07, 6.45) is 5.03. The van der Waals surface area contributed by atoms with Gasteiger partial charge in [-0.3, -0.25) is 4.79 Å². The highest BCUT2D eigenvalue weighted by atomic mass is 16.1. The van der Waals surface area contributed by atoms with Crippen molar-refractivity contribution in [2.45, 2.75) is 0 Å². The lowest BCUT2D eigenvalue weighted by Gasteiger charge is -1.95. The molecule has 0 amide bonds. The molecule has 0 saturated heterocycles. The Balaban J connectivity index is 2.88. The van der Waals surface area contributed by atoms with Gasteiger partial charge in [0.2, 0.25) is 6.29 Å². The van der Waals surface area contributed by atoms with Crippen LogP contribution in [0.15, 0.2) is 30.6 Å². The third-order valence-corrected chi connectivity index (χ3v) is 1.62. The molecule has 0 bridgehead atoms. The molecule has 2 rings (SSSR count). The van der Waals surface area contributed by atoms with Crippen LogP contribution in [0.5, 0.6) is 0 Å². The van der Waals surface area contributed by atoms with Crippen LogP contribution in [0.4, 0.5) is 0 Å². The van der Waals surface area contributed by atoms with Gasteiger partial charge in [0.1, 0.15) is 0 Å². The maximum atomic E-state index is 10.4. The van der Waals surface area contributed by atoms with Gasteiger partial charge in [-0.1, -0.05) is 0 Å². The van der Waals surface area contributed by atoms with Crippen LogP contribution in [-0.2, 0) is 4.79 Å². The molecule has 0 aliphatic carbocycles. The van der Waals surface area contributed by atoms with E-state index in [1.807, 2.05) is 6.29 Å². The molecule has 0 aromatic carbocycles. The first-order chi connectivity index (χ1) is 5.92. The predicted octanol–water partition coefficient (Wildman–Crippen LogP) is 1.09. The minimum absolute atomic E-state index is 0.508. The number of carbonyl (C=O) groups excluding carboxylic acids is 1. The molecule has 0 fully saturated rings. The molecular formula is C9H5N2O. The number of aromatic nitrogens is 2. The number of hydrogen-bond acceptors (Lipinski definition) is 3. The predicted molar refractivity (Wildman–Crippen MR) is 44.3 cm³/mol. The SMILES string of the molecule is O=[C]c1ccnc2ncccc12. The van der Waals surface area contributed by atoms with Crippen molar-refractivity contribution < 1.29 is 4.79 Å². The molecule has 2 aromatic heterocycles. The van der Waals surface area contributed by atoms with Gasteiger partial charge in [0, 0.05) is 23.3 Å². The van der Waals surface area contributed by atoms with Crippen molar-refractivity contribution in [2.24, 2.45) is 0 Å². The molecule has 0 aliphatic heterocycles. The fourth-order valence-electron chi connectivity index (χ4n) is 1.07. The van der Waals surface area contributed by atoms with E-state index < -0.39 is 0 Å². The van der Waals surface area contributed by atoms with Crippen molar-refractivity contribution >= 4 is 17.3 Å². The summed E-state index contributed by atoms with van der Waals surface area (Å²) in [4.78, 5) is 18.4. The Labute approximate surface area is 69.1 Å². The average molecular weight is 157 g/mol. The standard InChI is InChI=1S/C9H5N2O/c12-6-7-3-5-11-9-8(7)2-1-4-10-9/h1-5H.